The molecule has 1 atom stereocenters. The van der Waals surface area contributed by atoms with Crippen LogP contribution >= 0.6 is 11.3 Å². The number of non-ortho nitro benzene ring substituents is 1. The average molecular weight is 449 g/mol. The maximum atomic E-state index is 13.1. The van der Waals surface area contributed by atoms with Gasteiger partial charge in [-0.25, -0.2) is 0 Å². The van der Waals surface area contributed by atoms with Gasteiger partial charge in [0.2, 0.25) is 0 Å². The Morgan fingerprint density at radius 3 is 2.25 bits per heavy atom. The number of Topliss-reactive ketones (excluding diaryl/α,β-unsaturated/α-hetero) is 1. The fraction of sp³-hybridized carbons (Fsp3) is 0.130. The van der Waals surface area contributed by atoms with E-state index in [4.69, 9.17) is 0 Å². The number of benzene rings is 2. The minimum absolute atomic E-state index is 0.0528. The van der Waals surface area contributed by atoms with E-state index in [0.29, 0.717) is 10.6 Å². The van der Waals surface area contributed by atoms with Gasteiger partial charge >= 0.3 is 0 Å². The van der Waals surface area contributed by atoms with E-state index in [2.05, 4.69) is 0 Å². The van der Waals surface area contributed by atoms with Crippen LogP contribution in [-0.2, 0) is 9.59 Å². The molecule has 9 heteroatoms. The minimum atomic E-state index is -0.810. The van der Waals surface area contributed by atoms with E-state index in [1.165, 1.54) is 40.5 Å². The molecule has 1 unspecified atom stereocenters. The van der Waals surface area contributed by atoms with Crippen molar-refractivity contribution in [1.29, 1.82) is 0 Å². The largest absolute Gasteiger partial charge is 0.507 e. The highest BCUT2D eigenvalue weighted by molar-refractivity contribution is 7.10. The summed E-state index contributed by atoms with van der Waals surface area (Å²) in [6.07, 6.45) is 0. The van der Waals surface area contributed by atoms with Gasteiger partial charge in [0.15, 0.2) is 0 Å². The van der Waals surface area contributed by atoms with E-state index in [-0.39, 0.29) is 22.6 Å². The molecule has 2 heterocycles. The first-order valence-electron chi connectivity index (χ1n) is 9.66. The molecule has 1 fully saturated rings. The molecule has 162 valence electrons. The summed E-state index contributed by atoms with van der Waals surface area (Å²) in [6.45, 7) is 0. The van der Waals surface area contributed by atoms with E-state index in [1.807, 2.05) is 36.5 Å². The van der Waals surface area contributed by atoms with Gasteiger partial charge in [-0.1, -0.05) is 6.07 Å². The fourth-order valence-electron chi connectivity index (χ4n) is 3.62. The van der Waals surface area contributed by atoms with Gasteiger partial charge in [0.1, 0.15) is 11.8 Å². The van der Waals surface area contributed by atoms with Crippen molar-refractivity contribution in [1.82, 2.24) is 0 Å². The van der Waals surface area contributed by atoms with Crippen molar-refractivity contribution in [3.63, 3.8) is 0 Å². The van der Waals surface area contributed by atoms with Gasteiger partial charge in [-0.15, -0.1) is 11.3 Å². The molecule has 0 spiro atoms. The Morgan fingerprint density at radius 2 is 1.72 bits per heavy atom. The number of hydrogen-bond acceptors (Lipinski definition) is 7. The van der Waals surface area contributed by atoms with Crippen LogP contribution in [0.1, 0.15) is 16.5 Å². The molecule has 0 radical (unpaired) electrons. The second kappa shape index (κ2) is 8.27. The van der Waals surface area contributed by atoms with Gasteiger partial charge in [0, 0.05) is 48.0 Å². The standard InChI is InChI=1S/C23H19N3O5S/c1-24(2)15-9-11-16(12-10-15)25-20(18-4-3-13-32-18)19(22(28)23(25)29)21(27)14-5-7-17(8-6-14)26(30)31/h3-13,20,27H,1-2H3/b21-19-. The van der Waals surface area contributed by atoms with Gasteiger partial charge in [-0.3, -0.25) is 24.6 Å². The topological polar surface area (TPSA) is 104 Å². The zero-order chi connectivity index (χ0) is 23.0. The van der Waals surface area contributed by atoms with E-state index in [0.717, 1.165) is 5.69 Å². The SMILES string of the molecule is CN(C)c1ccc(N2C(=O)C(=O)/C(=C(\O)c3ccc([N+](=O)[O-])cc3)C2c2cccs2)cc1. The normalized spacial score (nSPS) is 17.6. The lowest BCUT2D eigenvalue weighted by Crippen LogP contribution is -2.29. The third kappa shape index (κ3) is 3.63. The molecule has 0 bridgehead atoms. The van der Waals surface area contributed by atoms with Crippen LogP contribution in [0.25, 0.3) is 5.76 Å². The number of ketones is 1. The molecule has 0 aliphatic carbocycles. The van der Waals surface area contributed by atoms with Crippen molar-refractivity contribution in [2.75, 3.05) is 23.9 Å². The minimum Gasteiger partial charge on any atom is -0.507 e. The van der Waals surface area contributed by atoms with Crippen molar-refractivity contribution < 1.29 is 19.6 Å². The Hall–Kier alpha value is -3.98. The lowest BCUT2D eigenvalue weighted by molar-refractivity contribution is -0.384. The molecule has 8 nitrogen and oxygen atoms in total. The summed E-state index contributed by atoms with van der Waals surface area (Å²) in [7, 11) is 3.80. The number of nitro groups is 1. The quantitative estimate of drug-likeness (QED) is 0.204. The summed E-state index contributed by atoms with van der Waals surface area (Å²) in [5.41, 5.74) is 1.49. The van der Waals surface area contributed by atoms with Crippen LogP contribution in [0.4, 0.5) is 17.1 Å². The van der Waals surface area contributed by atoms with Crippen LogP contribution in [0.3, 0.4) is 0 Å². The molecule has 1 aromatic heterocycles. The smallest absolute Gasteiger partial charge is 0.300 e. The Balaban J connectivity index is 1.85. The maximum Gasteiger partial charge on any atom is 0.300 e. The lowest BCUT2D eigenvalue weighted by Gasteiger charge is -2.25. The van der Waals surface area contributed by atoms with Gasteiger partial charge in [0.05, 0.1) is 10.5 Å². The number of anilines is 2. The summed E-state index contributed by atoms with van der Waals surface area (Å²) in [5.74, 6) is -1.93. The molecule has 1 amide bonds. The summed E-state index contributed by atoms with van der Waals surface area (Å²) >= 11 is 1.36. The Morgan fingerprint density at radius 1 is 1.06 bits per heavy atom. The highest BCUT2D eigenvalue weighted by atomic mass is 32.1. The molecule has 1 saturated heterocycles. The van der Waals surface area contributed by atoms with Gasteiger partial charge in [-0.05, 0) is 47.8 Å². The first-order valence-corrected chi connectivity index (χ1v) is 10.5. The van der Waals surface area contributed by atoms with Crippen molar-refractivity contribution in [2.24, 2.45) is 0 Å². The van der Waals surface area contributed by atoms with Crippen LogP contribution in [0.15, 0.2) is 71.6 Å². The Labute approximate surface area is 187 Å². The first-order chi connectivity index (χ1) is 15.3. The van der Waals surface area contributed by atoms with Crippen LogP contribution in [0.2, 0.25) is 0 Å². The second-order valence-electron chi connectivity index (χ2n) is 7.40. The summed E-state index contributed by atoms with van der Waals surface area (Å²) < 4.78 is 0. The Bertz CT molecular complexity index is 1220. The number of rotatable bonds is 5. The molecule has 2 aromatic carbocycles. The summed E-state index contributed by atoms with van der Waals surface area (Å²) in [6, 6.07) is 15.2. The first kappa shape index (κ1) is 21.3. The van der Waals surface area contributed by atoms with E-state index in [1.54, 1.807) is 24.3 Å². The number of carbonyl (C=O) groups is 2. The molecule has 4 rings (SSSR count). The van der Waals surface area contributed by atoms with Crippen LogP contribution in [0.5, 0.6) is 0 Å². The van der Waals surface area contributed by atoms with Crippen LogP contribution in [-0.4, -0.2) is 35.8 Å². The van der Waals surface area contributed by atoms with E-state index < -0.39 is 22.7 Å². The second-order valence-corrected chi connectivity index (χ2v) is 8.38. The fourth-order valence-corrected chi connectivity index (χ4v) is 4.45. The zero-order valence-corrected chi connectivity index (χ0v) is 18.1. The third-order valence-electron chi connectivity index (χ3n) is 5.25. The summed E-state index contributed by atoms with van der Waals surface area (Å²) in [4.78, 5) is 40.5. The van der Waals surface area contributed by atoms with Crippen molar-refractivity contribution in [3.05, 3.63) is 92.2 Å². The predicted octanol–water partition coefficient (Wildman–Crippen LogP) is 4.35. The molecule has 1 aliphatic rings. The molecule has 32 heavy (non-hydrogen) atoms. The van der Waals surface area contributed by atoms with Gasteiger partial charge < -0.3 is 10.0 Å². The lowest BCUT2D eigenvalue weighted by atomic mass is 9.99. The predicted molar refractivity (Wildman–Crippen MR) is 123 cm³/mol. The number of aliphatic hydroxyl groups is 1. The number of nitrogens with zero attached hydrogens (tertiary/aromatic N) is 3. The number of aliphatic hydroxyl groups excluding tert-OH is 1. The third-order valence-corrected chi connectivity index (χ3v) is 6.18. The van der Waals surface area contributed by atoms with Crippen LogP contribution < -0.4 is 9.80 Å². The average Bonchev–Trinajstić information content (AvgIpc) is 3.40. The molecule has 3 aromatic rings. The molecular formula is C23H19N3O5S. The highest BCUT2D eigenvalue weighted by Crippen LogP contribution is 2.43. The van der Waals surface area contributed by atoms with Crippen LogP contribution in [0, 0.1) is 10.1 Å². The van der Waals surface area contributed by atoms with Crippen molar-refractivity contribution in [3.8, 4) is 0 Å². The molecule has 1 N–H and O–H groups in total. The number of amides is 1. The number of thiophene rings is 1. The summed E-state index contributed by atoms with van der Waals surface area (Å²) in [5, 5.41) is 23.8. The van der Waals surface area contributed by atoms with E-state index in [9.17, 15) is 24.8 Å². The number of nitro benzene ring substituents is 1. The highest BCUT2D eigenvalue weighted by Gasteiger charge is 2.47. The van der Waals surface area contributed by atoms with Crippen molar-refractivity contribution in [2.45, 2.75) is 6.04 Å². The molecule has 1 aliphatic heterocycles. The Kier molecular flexibility index (Phi) is 5.50. The van der Waals surface area contributed by atoms with E-state index >= 15 is 0 Å². The zero-order valence-electron chi connectivity index (χ0n) is 17.3. The number of carbonyl (C=O) groups excluding carboxylic acids is 2. The maximum absolute atomic E-state index is 13.1. The number of hydrogen-bond donors (Lipinski definition) is 1. The van der Waals surface area contributed by atoms with Crippen molar-refractivity contribution >= 4 is 45.8 Å². The molecular weight excluding hydrogens is 430 g/mol. The van der Waals surface area contributed by atoms with Gasteiger partial charge in [0.25, 0.3) is 17.4 Å². The monoisotopic (exact) mass is 449 g/mol. The molecule has 0 saturated carbocycles. The van der Waals surface area contributed by atoms with Gasteiger partial charge in [-0.2, -0.15) is 0 Å².